The number of halogens is 1. The number of alkyl halides is 1. The van der Waals surface area contributed by atoms with Crippen molar-refractivity contribution in [1.82, 2.24) is 15.1 Å². The first kappa shape index (κ1) is 36.7. The molecule has 0 spiro atoms. The zero-order valence-corrected chi connectivity index (χ0v) is 30.0. The number of nitrogens with zero attached hydrogens (tertiary/aromatic N) is 3. The Kier molecular flexibility index (Phi) is 11.4. The molecule has 1 fully saturated rings. The molecular weight excluding hydrogens is 696 g/mol. The fourth-order valence-corrected chi connectivity index (χ4v) is 6.92. The predicted molar refractivity (Wildman–Crippen MR) is 197 cm³/mol. The number of benzene rings is 3. The number of rotatable bonds is 12. The van der Waals surface area contributed by atoms with Crippen molar-refractivity contribution in [1.29, 1.82) is 0 Å². The van der Waals surface area contributed by atoms with E-state index in [0.717, 1.165) is 22.5 Å². The Bertz CT molecular complexity index is 1930. The van der Waals surface area contributed by atoms with Gasteiger partial charge < -0.3 is 10.2 Å². The molecule has 3 aromatic carbocycles. The van der Waals surface area contributed by atoms with Crippen LogP contribution < -0.4 is 10.2 Å². The van der Waals surface area contributed by atoms with Crippen molar-refractivity contribution in [3.05, 3.63) is 131 Å². The second-order valence-electron chi connectivity index (χ2n) is 12.3. The van der Waals surface area contributed by atoms with Gasteiger partial charge in [-0.15, -0.1) is 11.6 Å². The monoisotopic (exact) mass is 732 g/mol. The second-order valence-corrected chi connectivity index (χ2v) is 14.4. The van der Waals surface area contributed by atoms with Gasteiger partial charge in [-0.1, -0.05) is 86.7 Å². The summed E-state index contributed by atoms with van der Waals surface area (Å²) in [5, 5.41) is 2.88. The fraction of sp³-hybridized carbons (Fsp3) is 0.243. The van der Waals surface area contributed by atoms with Crippen LogP contribution >= 0.6 is 23.8 Å². The van der Waals surface area contributed by atoms with Gasteiger partial charge in [0.25, 0.3) is 21.9 Å². The zero-order chi connectivity index (χ0) is 36.1. The molecule has 2 aliphatic heterocycles. The number of anilines is 1. The molecule has 13 heteroatoms. The number of allylic oxidation sites excluding steroid dienone is 5. The van der Waals surface area contributed by atoms with E-state index in [-0.39, 0.29) is 40.5 Å². The third-order valence-electron chi connectivity index (χ3n) is 8.57. The number of hydrogen-bond donors (Lipinski definition) is 2. The van der Waals surface area contributed by atoms with Gasteiger partial charge in [0, 0.05) is 29.9 Å². The standard InChI is InChI=1S/C37H37ClN4O6S2/c1-37(2)30-22-28(50(46,47)48)18-19-31(30)40(21-11-20-39-33(43)23-38)32(37)17-10-9-16-29-34(44)41(24-26-12-5-3-6-13-26)36(49)42(35(29)45)25-27-14-7-4-8-15-27/h3-10,12-19,22H,11,20-21,23-25H2,1-2H3,(H,39,43)(H,46,47,48)/b10-9+,32-17+. The van der Waals surface area contributed by atoms with Crippen molar-refractivity contribution in [2.75, 3.05) is 23.9 Å². The van der Waals surface area contributed by atoms with Gasteiger partial charge >= 0.3 is 0 Å². The lowest BCUT2D eigenvalue weighted by Gasteiger charge is -2.36. The molecule has 2 heterocycles. The van der Waals surface area contributed by atoms with Gasteiger partial charge in [-0.2, -0.15) is 8.42 Å². The van der Waals surface area contributed by atoms with E-state index in [2.05, 4.69) is 5.32 Å². The van der Waals surface area contributed by atoms with E-state index in [4.69, 9.17) is 23.8 Å². The van der Waals surface area contributed by atoms with E-state index in [9.17, 15) is 27.4 Å². The zero-order valence-electron chi connectivity index (χ0n) is 27.6. The van der Waals surface area contributed by atoms with Crippen molar-refractivity contribution < 1.29 is 27.4 Å². The van der Waals surface area contributed by atoms with Gasteiger partial charge in [-0.25, -0.2) is 0 Å². The molecule has 1 saturated heterocycles. The average molecular weight is 733 g/mol. The third-order valence-corrected chi connectivity index (χ3v) is 10.1. The van der Waals surface area contributed by atoms with E-state index in [0.29, 0.717) is 25.1 Å². The Morgan fingerprint density at radius 2 is 1.44 bits per heavy atom. The lowest BCUT2D eigenvalue weighted by molar-refractivity contribution is -0.134. The molecule has 0 aromatic heterocycles. The van der Waals surface area contributed by atoms with Gasteiger partial charge in [0.2, 0.25) is 5.91 Å². The lowest BCUT2D eigenvalue weighted by Crippen LogP contribution is -2.55. The maximum Gasteiger partial charge on any atom is 0.294 e. The van der Waals surface area contributed by atoms with Crippen LogP contribution in [-0.2, 0) is 43.0 Å². The number of nitrogens with one attached hydrogen (secondary N) is 1. The molecule has 0 unspecified atom stereocenters. The highest BCUT2D eigenvalue weighted by atomic mass is 35.5. The molecule has 0 saturated carbocycles. The van der Waals surface area contributed by atoms with Crippen molar-refractivity contribution in [3.8, 4) is 0 Å². The molecule has 260 valence electrons. The average Bonchev–Trinajstić information content (AvgIpc) is 3.31. The van der Waals surface area contributed by atoms with Crippen LogP contribution in [0.3, 0.4) is 0 Å². The van der Waals surface area contributed by atoms with Gasteiger partial charge in [-0.3, -0.25) is 28.7 Å². The van der Waals surface area contributed by atoms with Crippen LogP contribution in [0.15, 0.2) is 119 Å². The summed E-state index contributed by atoms with van der Waals surface area (Å²) in [6.07, 6.45) is 7.22. The molecule has 0 atom stereocenters. The molecule has 50 heavy (non-hydrogen) atoms. The Morgan fingerprint density at radius 1 is 0.880 bits per heavy atom. The summed E-state index contributed by atoms with van der Waals surface area (Å²) in [5.74, 6) is -1.43. The summed E-state index contributed by atoms with van der Waals surface area (Å²) in [5.41, 5.74) is 3.22. The van der Waals surface area contributed by atoms with Crippen LogP contribution in [0.25, 0.3) is 0 Å². The van der Waals surface area contributed by atoms with Gasteiger partial charge in [0.1, 0.15) is 11.5 Å². The first-order valence-electron chi connectivity index (χ1n) is 15.9. The van der Waals surface area contributed by atoms with E-state index >= 15 is 0 Å². The maximum atomic E-state index is 13.8. The quantitative estimate of drug-likeness (QED) is 0.0625. The minimum atomic E-state index is -4.44. The summed E-state index contributed by atoms with van der Waals surface area (Å²) >= 11 is 11.3. The first-order valence-corrected chi connectivity index (χ1v) is 18.3. The normalized spacial score (nSPS) is 16.8. The molecular formula is C37H37ClN4O6S2. The minimum absolute atomic E-state index is 0.0428. The van der Waals surface area contributed by atoms with E-state index in [1.165, 1.54) is 28.0 Å². The number of hydrogen-bond acceptors (Lipinski definition) is 7. The minimum Gasteiger partial charge on any atom is -0.355 e. The molecule has 3 aromatic rings. The van der Waals surface area contributed by atoms with Crippen LogP contribution in [-0.4, -0.2) is 64.6 Å². The van der Waals surface area contributed by atoms with Crippen LogP contribution in [0.5, 0.6) is 0 Å². The first-order chi connectivity index (χ1) is 23.8. The molecule has 2 aliphatic rings. The number of thiocarbonyl (C=S) groups is 1. The fourth-order valence-electron chi connectivity index (χ4n) is 6.02. The largest absolute Gasteiger partial charge is 0.355 e. The molecule has 5 rings (SSSR count). The van der Waals surface area contributed by atoms with Crippen LogP contribution in [0.1, 0.15) is 37.0 Å². The van der Waals surface area contributed by atoms with Gasteiger partial charge in [0.15, 0.2) is 5.11 Å². The van der Waals surface area contributed by atoms with Crippen LogP contribution in [0, 0.1) is 0 Å². The molecule has 0 bridgehead atoms. The Morgan fingerprint density at radius 3 is 1.98 bits per heavy atom. The molecule has 2 N–H and O–H groups in total. The number of carbonyl (C=O) groups is 3. The van der Waals surface area contributed by atoms with E-state index in [1.54, 1.807) is 18.2 Å². The van der Waals surface area contributed by atoms with Gasteiger partial charge in [0.05, 0.1) is 18.0 Å². The summed E-state index contributed by atoms with van der Waals surface area (Å²) in [7, 11) is -4.44. The number of fused-ring (bicyclic) bond motifs is 1. The van der Waals surface area contributed by atoms with Crippen LogP contribution in [0.2, 0.25) is 0 Å². The maximum absolute atomic E-state index is 13.8. The second kappa shape index (κ2) is 15.5. The smallest absolute Gasteiger partial charge is 0.294 e. The van der Waals surface area contributed by atoms with Crippen molar-refractivity contribution in [3.63, 3.8) is 0 Å². The van der Waals surface area contributed by atoms with Gasteiger partial charge in [-0.05, 0) is 65.7 Å². The highest BCUT2D eigenvalue weighted by Gasteiger charge is 2.41. The Labute approximate surface area is 302 Å². The summed E-state index contributed by atoms with van der Waals surface area (Å²) in [6.45, 7) is 5.11. The Balaban J connectivity index is 1.47. The number of amides is 3. The van der Waals surface area contributed by atoms with E-state index in [1.807, 2.05) is 85.5 Å². The highest BCUT2D eigenvalue weighted by molar-refractivity contribution is 7.85. The summed E-state index contributed by atoms with van der Waals surface area (Å²) in [6, 6.07) is 23.3. The van der Waals surface area contributed by atoms with Crippen molar-refractivity contribution in [2.45, 2.75) is 43.7 Å². The molecule has 0 aliphatic carbocycles. The Hall–Kier alpha value is -4.62. The molecule has 0 radical (unpaired) electrons. The summed E-state index contributed by atoms with van der Waals surface area (Å²) in [4.78, 5) is 43.9. The summed E-state index contributed by atoms with van der Waals surface area (Å²) < 4.78 is 33.7. The van der Waals surface area contributed by atoms with E-state index < -0.39 is 27.3 Å². The molecule has 3 amide bonds. The van der Waals surface area contributed by atoms with Crippen LogP contribution in [0.4, 0.5) is 5.69 Å². The highest BCUT2D eigenvalue weighted by Crippen LogP contribution is 2.48. The third kappa shape index (κ3) is 8.05. The molecule has 10 nitrogen and oxygen atoms in total. The number of carbonyl (C=O) groups excluding carboxylic acids is 3. The predicted octanol–water partition coefficient (Wildman–Crippen LogP) is 5.50. The topological polar surface area (TPSA) is 127 Å². The lowest BCUT2D eigenvalue weighted by atomic mass is 9.83. The van der Waals surface area contributed by atoms with Crippen molar-refractivity contribution >= 4 is 62.5 Å². The SMILES string of the molecule is CC1(C)/C(=C\C=C\C=C2C(=O)N(Cc3ccccc3)C(=S)N(Cc3ccccc3)C2=O)N(CCCNC(=O)CCl)c2ccc(S(=O)(=O)O)cc21. The van der Waals surface area contributed by atoms with Crippen molar-refractivity contribution in [2.24, 2.45) is 0 Å².